The molecule has 0 radical (unpaired) electrons. The highest BCUT2D eigenvalue weighted by Crippen LogP contribution is 2.35. The Morgan fingerprint density at radius 1 is 1.19 bits per heavy atom. The standard InChI is InChI=1S/C19H18N2O4S2/c1-11-15(18(23)24-3)16(20-19(26)21(11)2)12-7-4-5-8-13(12)25-17(22)14-9-6-10-27-14/h4-10,16H,1-3H3,(H,20,26)/t16-/m0/s1. The Labute approximate surface area is 166 Å². The summed E-state index contributed by atoms with van der Waals surface area (Å²) in [5, 5.41) is 5.41. The van der Waals surface area contributed by atoms with Gasteiger partial charge in [-0.25, -0.2) is 9.59 Å². The number of para-hydroxylation sites is 1. The Morgan fingerprint density at radius 2 is 1.93 bits per heavy atom. The van der Waals surface area contributed by atoms with Crippen LogP contribution in [0.15, 0.2) is 53.0 Å². The molecule has 0 fully saturated rings. The summed E-state index contributed by atoms with van der Waals surface area (Å²) in [5.41, 5.74) is 1.71. The van der Waals surface area contributed by atoms with Crippen molar-refractivity contribution >= 4 is 40.6 Å². The maximum Gasteiger partial charge on any atom is 0.353 e. The fourth-order valence-corrected chi connectivity index (χ4v) is 3.65. The van der Waals surface area contributed by atoms with E-state index < -0.39 is 18.0 Å². The average Bonchev–Trinajstić information content (AvgIpc) is 3.21. The van der Waals surface area contributed by atoms with Crippen molar-refractivity contribution in [2.45, 2.75) is 13.0 Å². The molecular formula is C19H18N2O4S2. The van der Waals surface area contributed by atoms with Crippen LogP contribution < -0.4 is 10.1 Å². The number of hydrogen-bond donors (Lipinski definition) is 1. The van der Waals surface area contributed by atoms with Gasteiger partial charge >= 0.3 is 11.9 Å². The fraction of sp³-hybridized carbons (Fsp3) is 0.211. The molecule has 2 heterocycles. The van der Waals surface area contributed by atoms with Crippen molar-refractivity contribution in [1.29, 1.82) is 0 Å². The lowest BCUT2D eigenvalue weighted by molar-refractivity contribution is -0.136. The first-order chi connectivity index (χ1) is 12.9. The molecule has 0 saturated heterocycles. The van der Waals surface area contributed by atoms with Gasteiger partial charge in [-0.05, 0) is 36.7 Å². The van der Waals surface area contributed by atoms with Gasteiger partial charge in [0.2, 0.25) is 0 Å². The highest BCUT2D eigenvalue weighted by atomic mass is 32.1. The highest BCUT2D eigenvalue weighted by Gasteiger charge is 2.35. The Hall–Kier alpha value is -2.71. The molecular weight excluding hydrogens is 384 g/mol. The molecule has 8 heteroatoms. The van der Waals surface area contributed by atoms with E-state index >= 15 is 0 Å². The van der Waals surface area contributed by atoms with Crippen LogP contribution in [0.1, 0.15) is 28.2 Å². The first-order valence-corrected chi connectivity index (χ1v) is 9.40. The van der Waals surface area contributed by atoms with Crippen LogP contribution >= 0.6 is 23.6 Å². The summed E-state index contributed by atoms with van der Waals surface area (Å²) in [7, 11) is 3.10. The van der Waals surface area contributed by atoms with Gasteiger partial charge in [-0.15, -0.1) is 11.3 Å². The zero-order chi connectivity index (χ0) is 19.6. The number of carbonyl (C=O) groups excluding carboxylic acids is 2. The number of benzene rings is 1. The maximum absolute atomic E-state index is 12.4. The Bertz CT molecular complexity index is 922. The maximum atomic E-state index is 12.4. The topological polar surface area (TPSA) is 67.9 Å². The number of methoxy groups -OCH3 is 1. The molecule has 6 nitrogen and oxygen atoms in total. The van der Waals surface area contributed by atoms with E-state index in [0.717, 1.165) is 0 Å². The first-order valence-electron chi connectivity index (χ1n) is 8.12. The number of esters is 2. The summed E-state index contributed by atoms with van der Waals surface area (Å²) >= 11 is 6.68. The van der Waals surface area contributed by atoms with E-state index in [2.05, 4.69) is 5.32 Å². The number of nitrogens with one attached hydrogen (secondary N) is 1. The van der Waals surface area contributed by atoms with Gasteiger partial charge in [0, 0.05) is 18.3 Å². The number of ether oxygens (including phenoxy) is 2. The van der Waals surface area contributed by atoms with E-state index in [1.807, 2.05) is 6.07 Å². The Morgan fingerprint density at radius 3 is 2.59 bits per heavy atom. The second-order valence-corrected chi connectivity index (χ2v) is 7.17. The van der Waals surface area contributed by atoms with E-state index in [0.29, 0.717) is 32.6 Å². The third kappa shape index (κ3) is 3.72. The SMILES string of the molecule is COC(=O)C1=C(C)N(C)C(=S)N[C@H]1c1ccccc1OC(=O)c1cccs1. The van der Waals surface area contributed by atoms with E-state index in [1.165, 1.54) is 18.4 Å². The molecule has 1 aromatic carbocycles. The highest BCUT2D eigenvalue weighted by molar-refractivity contribution is 7.80. The summed E-state index contributed by atoms with van der Waals surface area (Å²) in [6.45, 7) is 1.80. The Balaban J connectivity index is 2.03. The number of nitrogens with zero attached hydrogens (tertiary/aromatic N) is 1. The lowest BCUT2D eigenvalue weighted by Crippen LogP contribution is -2.46. The van der Waals surface area contributed by atoms with E-state index in [-0.39, 0.29) is 0 Å². The summed E-state index contributed by atoms with van der Waals surface area (Å²) in [6.07, 6.45) is 0. The second-order valence-electron chi connectivity index (χ2n) is 5.84. The molecule has 1 aliphatic rings. The molecule has 1 atom stereocenters. The van der Waals surface area contributed by atoms with Crippen molar-refractivity contribution in [3.8, 4) is 5.75 Å². The summed E-state index contributed by atoms with van der Waals surface area (Å²) < 4.78 is 10.6. The summed E-state index contributed by atoms with van der Waals surface area (Å²) in [6, 6.07) is 9.95. The van der Waals surface area contributed by atoms with Gasteiger partial charge in [0.15, 0.2) is 5.11 Å². The van der Waals surface area contributed by atoms with Crippen LogP contribution in [0.5, 0.6) is 5.75 Å². The Kier molecular flexibility index (Phi) is 5.57. The van der Waals surface area contributed by atoms with Crippen LogP contribution in [0, 0.1) is 0 Å². The number of rotatable bonds is 4. The molecule has 0 bridgehead atoms. The average molecular weight is 402 g/mol. The molecule has 1 aromatic heterocycles. The molecule has 2 aromatic rings. The van der Waals surface area contributed by atoms with E-state index in [4.69, 9.17) is 21.7 Å². The third-order valence-corrected chi connectivity index (χ3v) is 5.56. The molecule has 140 valence electrons. The molecule has 3 rings (SSSR count). The monoisotopic (exact) mass is 402 g/mol. The minimum atomic E-state index is -0.589. The van der Waals surface area contributed by atoms with Crippen molar-refractivity contribution in [3.63, 3.8) is 0 Å². The van der Waals surface area contributed by atoms with Crippen molar-refractivity contribution in [2.24, 2.45) is 0 Å². The van der Waals surface area contributed by atoms with Crippen molar-refractivity contribution in [1.82, 2.24) is 10.2 Å². The quantitative estimate of drug-likeness (QED) is 0.478. The van der Waals surface area contributed by atoms with Crippen molar-refractivity contribution in [3.05, 3.63) is 63.5 Å². The normalized spacial score (nSPS) is 16.8. The van der Waals surface area contributed by atoms with Gasteiger partial charge in [-0.1, -0.05) is 24.3 Å². The van der Waals surface area contributed by atoms with Crippen LogP contribution in [0.4, 0.5) is 0 Å². The van der Waals surface area contributed by atoms with Crippen molar-refractivity contribution in [2.75, 3.05) is 14.2 Å². The number of carbonyl (C=O) groups is 2. The smallest absolute Gasteiger partial charge is 0.353 e. The zero-order valence-corrected chi connectivity index (χ0v) is 16.6. The molecule has 0 spiro atoms. The predicted octanol–water partition coefficient (Wildman–Crippen LogP) is 3.28. The minimum absolute atomic E-state index is 0.356. The predicted molar refractivity (Wildman–Crippen MR) is 107 cm³/mol. The molecule has 0 saturated carbocycles. The number of hydrogen-bond acceptors (Lipinski definition) is 6. The van der Waals surface area contributed by atoms with Crippen molar-refractivity contribution < 1.29 is 19.1 Å². The third-order valence-electron chi connectivity index (χ3n) is 4.31. The van der Waals surface area contributed by atoms with Gasteiger partial charge < -0.3 is 19.7 Å². The van der Waals surface area contributed by atoms with Gasteiger partial charge in [0.25, 0.3) is 0 Å². The summed E-state index contributed by atoms with van der Waals surface area (Å²) in [4.78, 5) is 27.0. The number of thiophene rings is 1. The fourth-order valence-electron chi connectivity index (χ4n) is 2.80. The van der Waals surface area contributed by atoms with Crippen LogP contribution in [-0.2, 0) is 9.53 Å². The molecule has 1 aliphatic heterocycles. The minimum Gasteiger partial charge on any atom is -0.466 e. The molecule has 27 heavy (non-hydrogen) atoms. The molecule has 0 aliphatic carbocycles. The van der Waals surface area contributed by atoms with E-state index in [1.54, 1.807) is 54.6 Å². The molecule has 1 N–H and O–H groups in total. The molecule has 0 amide bonds. The van der Waals surface area contributed by atoms with Gasteiger partial charge in [-0.2, -0.15) is 0 Å². The zero-order valence-electron chi connectivity index (χ0n) is 15.0. The van der Waals surface area contributed by atoms with Crippen LogP contribution in [0.3, 0.4) is 0 Å². The van der Waals surface area contributed by atoms with Gasteiger partial charge in [0.05, 0.1) is 18.7 Å². The first kappa shape index (κ1) is 19.1. The molecule has 0 unspecified atom stereocenters. The summed E-state index contributed by atoms with van der Waals surface area (Å²) in [5.74, 6) is -0.568. The van der Waals surface area contributed by atoms with Crippen LogP contribution in [0.2, 0.25) is 0 Å². The lowest BCUT2D eigenvalue weighted by atomic mass is 9.94. The number of allylic oxidation sites excluding steroid dienone is 1. The van der Waals surface area contributed by atoms with Gasteiger partial charge in [-0.3, -0.25) is 0 Å². The van der Waals surface area contributed by atoms with Gasteiger partial charge in [0.1, 0.15) is 10.6 Å². The number of thiocarbonyl (C=S) groups is 1. The lowest BCUT2D eigenvalue weighted by Gasteiger charge is -2.35. The second kappa shape index (κ2) is 7.89. The largest absolute Gasteiger partial charge is 0.466 e. The van der Waals surface area contributed by atoms with Crippen LogP contribution in [0.25, 0.3) is 0 Å². The van der Waals surface area contributed by atoms with E-state index in [9.17, 15) is 9.59 Å². The van der Waals surface area contributed by atoms with Crippen LogP contribution in [-0.4, -0.2) is 36.1 Å².